The Bertz CT molecular complexity index is 782. The van der Waals surface area contributed by atoms with Gasteiger partial charge >= 0.3 is 0 Å². The Kier molecular flexibility index (Phi) is 5.14. The van der Waals surface area contributed by atoms with E-state index in [9.17, 15) is 9.59 Å². The number of carbonyl (C=O) groups excluding carboxylic acids is 2. The summed E-state index contributed by atoms with van der Waals surface area (Å²) in [5.41, 5.74) is 4.50. The van der Waals surface area contributed by atoms with Gasteiger partial charge in [-0.15, -0.1) is 0 Å². The average molecular weight is 337 g/mol. The number of amides is 2. The first-order valence-corrected chi connectivity index (χ1v) is 8.55. The third-order valence-electron chi connectivity index (χ3n) is 4.12. The molecule has 0 spiro atoms. The van der Waals surface area contributed by atoms with Gasteiger partial charge in [-0.05, 0) is 53.4 Å². The highest BCUT2D eigenvalue weighted by atomic mass is 16.2. The number of hydrogen-bond acceptors (Lipinski definition) is 3. The second-order valence-electron chi connectivity index (χ2n) is 6.76. The van der Waals surface area contributed by atoms with Crippen LogP contribution in [0.15, 0.2) is 42.5 Å². The summed E-state index contributed by atoms with van der Waals surface area (Å²) in [6, 6.07) is 12.9. The second-order valence-corrected chi connectivity index (χ2v) is 6.76. The van der Waals surface area contributed by atoms with Gasteiger partial charge in [0.15, 0.2) is 0 Å². The van der Waals surface area contributed by atoms with E-state index in [0.29, 0.717) is 23.6 Å². The summed E-state index contributed by atoms with van der Waals surface area (Å²) in [4.78, 5) is 24.2. The lowest BCUT2D eigenvalue weighted by Crippen LogP contribution is -2.14. The predicted molar refractivity (Wildman–Crippen MR) is 99.5 cm³/mol. The van der Waals surface area contributed by atoms with Gasteiger partial charge in [-0.25, -0.2) is 0 Å². The highest BCUT2D eigenvalue weighted by Crippen LogP contribution is 2.19. The van der Waals surface area contributed by atoms with Crippen LogP contribution in [0.3, 0.4) is 0 Å². The van der Waals surface area contributed by atoms with E-state index < -0.39 is 0 Å². The van der Waals surface area contributed by atoms with E-state index in [2.05, 4.69) is 16.0 Å². The number of anilines is 2. The molecule has 5 nitrogen and oxygen atoms in total. The molecule has 0 aromatic heterocycles. The first kappa shape index (κ1) is 17.2. The summed E-state index contributed by atoms with van der Waals surface area (Å²) >= 11 is 0. The van der Waals surface area contributed by atoms with Crippen molar-refractivity contribution in [1.29, 1.82) is 0 Å². The van der Waals surface area contributed by atoms with Crippen molar-refractivity contribution in [3.63, 3.8) is 0 Å². The fourth-order valence-corrected chi connectivity index (χ4v) is 2.86. The zero-order chi connectivity index (χ0) is 17.8. The largest absolute Gasteiger partial charge is 0.326 e. The van der Waals surface area contributed by atoms with Crippen molar-refractivity contribution in [2.24, 2.45) is 5.92 Å². The van der Waals surface area contributed by atoms with Crippen molar-refractivity contribution in [1.82, 2.24) is 5.32 Å². The van der Waals surface area contributed by atoms with E-state index in [1.165, 1.54) is 11.1 Å². The molecule has 3 N–H and O–H groups in total. The number of fused-ring (bicyclic) bond motifs is 1. The van der Waals surface area contributed by atoms with Crippen LogP contribution in [0.4, 0.5) is 11.4 Å². The topological polar surface area (TPSA) is 70.2 Å². The molecule has 0 aliphatic carbocycles. The van der Waals surface area contributed by atoms with Crippen molar-refractivity contribution in [3.8, 4) is 0 Å². The van der Waals surface area contributed by atoms with Crippen molar-refractivity contribution in [2.45, 2.75) is 33.4 Å². The predicted octanol–water partition coefficient (Wildman–Crippen LogP) is 3.53. The van der Waals surface area contributed by atoms with E-state index in [1.807, 2.05) is 32.0 Å². The van der Waals surface area contributed by atoms with Gasteiger partial charge in [0.25, 0.3) is 5.91 Å². The van der Waals surface area contributed by atoms with E-state index in [0.717, 1.165) is 18.8 Å². The van der Waals surface area contributed by atoms with Crippen molar-refractivity contribution in [3.05, 3.63) is 59.2 Å². The van der Waals surface area contributed by atoms with Crippen LogP contribution in [-0.2, 0) is 17.9 Å². The lowest BCUT2D eigenvalue weighted by atomic mass is 10.1. The van der Waals surface area contributed by atoms with Crippen LogP contribution in [0.5, 0.6) is 0 Å². The number of benzene rings is 2. The fraction of sp³-hybridized carbons (Fsp3) is 0.300. The van der Waals surface area contributed by atoms with Gasteiger partial charge in [-0.1, -0.05) is 19.9 Å². The molecule has 1 aliphatic heterocycles. The molecule has 0 fully saturated rings. The third-order valence-corrected chi connectivity index (χ3v) is 4.12. The lowest BCUT2D eigenvalue weighted by Gasteiger charge is -2.09. The molecule has 0 atom stereocenters. The highest BCUT2D eigenvalue weighted by molar-refractivity contribution is 6.04. The fourth-order valence-electron chi connectivity index (χ4n) is 2.86. The number of hydrogen-bond donors (Lipinski definition) is 3. The van der Waals surface area contributed by atoms with Crippen LogP contribution in [0, 0.1) is 5.92 Å². The lowest BCUT2D eigenvalue weighted by molar-refractivity contribution is -0.116. The van der Waals surface area contributed by atoms with Crippen LogP contribution in [-0.4, -0.2) is 11.8 Å². The summed E-state index contributed by atoms with van der Waals surface area (Å²) in [6.45, 7) is 5.68. The van der Waals surface area contributed by atoms with Crippen LogP contribution in [0.2, 0.25) is 0 Å². The van der Waals surface area contributed by atoms with E-state index in [4.69, 9.17) is 0 Å². The maximum Gasteiger partial charge on any atom is 0.255 e. The number of rotatable bonds is 5. The Morgan fingerprint density at radius 3 is 2.28 bits per heavy atom. The number of nitrogens with one attached hydrogen (secondary N) is 3. The Hall–Kier alpha value is -2.66. The molecule has 25 heavy (non-hydrogen) atoms. The highest BCUT2D eigenvalue weighted by Gasteiger charge is 2.13. The van der Waals surface area contributed by atoms with Crippen molar-refractivity contribution >= 4 is 23.2 Å². The Labute approximate surface area is 147 Å². The molecule has 2 aromatic rings. The summed E-state index contributed by atoms with van der Waals surface area (Å²) < 4.78 is 0. The molecule has 1 aliphatic rings. The maximum absolute atomic E-state index is 12.4. The summed E-state index contributed by atoms with van der Waals surface area (Å²) in [5.74, 6) is 0.186. The molecular weight excluding hydrogens is 314 g/mol. The molecule has 2 amide bonds. The van der Waals surface area contributed by atoms with Gasteiger partial charge in [-0.3, -0.25) is 9.59 Å². The third kappa shape index (κ3) is 4.45. The van der Waals surface area contributed by atoms with Crippen LogP contribution in [0.1, 0.15) is 41.8 Å². The molecule has 0 saturated heterocycles. The zero-order valence-corrected chi connectivity index (χ0v) is 14.6. The standard InChI is InChI=1S/C20H23N3O2/c1-13(2)9-19(24)22-17-5-7-18(8-6-17)23-20(25)14-3-4-15-11-21-12-16(15)10-14/h3-8,10,13,21H,9,11-12H2,1-2H3,(H,22,24)(H,23,25). The smallest absolute Gasteiger partial charge is 0.255 e. The summed E-state index contributed by atoms with van der Waals surface area (Å²) in [6.07, 6.45) is 0.492. The minimum absolute atomic E-state index is 0.00136. The minimum Gasteiger partial charge on any atom is -0.326 e. The van der Waals surface area contributed by atoms with Gasteiger partial charge < -0.3 is 16.0 Å². The first-order valence-electron chi connectivity index (χ1n) is 8.55. The molecule has 1 heterocycles. The van der Waals surface area contributed by atoms with Crippen LogP contribution in [0.25, 0.3) is 0 Å². The second kappa shape index (κ2) is 7.49. The van der Waals surface area contributed by atoms with E-state index in [1.54, 1.807) is 24.3 Å². The molecule has 0 radical (unpaired) electrons. The van der Waals surface area contributed by atoms with Crippen molar-refractivity contribution < 1.29 is 9.59 Å². The van der Waals surface area contributed by atoms with Gasteiger partial charge in [0.05, 0.1) is 0 Å². The van der Waals surface area contributed by atoms with Crippen LogP contribution < -0.4 is 16.0 Å². The van der Waals surface area contributed by atoms with E-state index in [-0.39, 0.29) is 11.8 Å². The van der Waals surface area contributed by atoms with Crippen molar-refractivity contribution in [2.75, 3.05) is 10.6 Å². The molecular formula is C20H23N3O2. The van der Waals surface area contributed by atoms with E-state index >= 15 is 0 Å². The molecule has 3 rings (SSSR count). The molecule has 0 unspecified atom stereocenters. The SMILES string of the molecule is CC(C)CC(=O)Nc1ccc(NC(=O)c2ccc3c(c2)CNC3)cc1. The minimum atomic E-state index is -0.133. The quantitative estimate of drug-likeness (QED) is 0.782. The Balaban J connectivity index is 1.61. The van der Waals surface area contributed by atoms with Gasteiger partial charge in [-0.2, -0.15) is 0 Å². The molecule has 130 valence electrons. The molecule has 5 heteroatoms. The Morgan fingerprint density at radius 2 is 1.60 bits per heavy atom. The summed E-state index contributed by atoms with van der Waals surface area (Å²) in [7, 11) is 0. The summed E-state index contributed by atoms with van der Waals surface area (Å²) in [5, 5.41) is 9.02. The molecule has 2 aromatic carbocycles. The maximum atomic E-state index is 12.4. The first-order chi connectivity index (χ1) is 12.0. The average Bonchev–Trinajstić information content (AvgIpc) is 3.03. The zero-order valence-electron chi connectivity index (χ0n) is 14.6. The normalized spacial score (nSPS) is 12.8. The number of carbonyl (C=O) groups is 2. The van der Waals surface area contributed by atoms with Gasteiger partial charge in [0, 0.05) is 36.4 Å². The van der Waals surface area contributed by atoms with Gasteiger partial charge in [0.2, 0.25) is 5.91 Å². The Morgan fingerprint density at radius 1 is 0.960 bits per heavy atom. The monoisotopic (exact) mass is 337 g/mol. The van der Waals surface area contributed by atoms with Gasteiger partial charge in [0.1, 0.15) is 0 Å². The van der Waals surface area contributed by atoms with Crippen LogP contribution >= 0.6 is 0 Å². The molecule has 0 bridgehead atoms. The molecule has 0 saturated carbocycles.